The molecule has 0 fully saturated rings. The molecular formula is C30H34N8Pt2-6. The second-order valence-electron chi connectivity index (χ2n) is 8.72. The Hall–Kier alpha value is -3.08. The van der Waals surface area contributed by atoms with Crippen LogP contribution in [-0.2, 0) is 42.1 Å². The molecule has 2 aromatic carbocycles. The Labute approximate surface area is 267 Å². The average molecular weight is 897 g/mol. The van der Waals surface area contributed by atoms with Crippen molar-refractivity contribution < 1.29 is 42.1 Å². The van der Waals surface area contributed by atoms with Gasteiger partial charge in [0.15, 0.2) is 0 Å². The van der Waals surface area contributed by atoms with Crippen LogP contribution in [0.4, 0.5) is 11.4 Å². The summed E-state index contributed by atoms with van der Waals surface area (Å²) in [6, 6.07) is 26.0. The first-order valence-electron chi connectivity index (χ1n) is 12.2. The summed E-state index contributed by atoms with van der Waals surface area (Å²) in [5.41, 5.74) is 6.13. The molecule has 0 saturated heterocycles. The second kappa shape index (κ2) is 18.3. The Morgan fingerprint density at radius 3 is 1.23 bits per heavy atom. The smallest absolute Gasteiger partial charge is 0.0131 e. The van der Waals surface area contributed by atoms with Crippen molar-refractivity contribution in [2.24, 2.45) is 0 Å². The zero-order valence-electron chi connectivity index (χ0n) is 23.4. The van der Waals surface area contributed by atoms with Gasteiger partial charge < -0.3 is 40.0 Å². The van der Waals surface area contributed by atoms with E-state index in [0.717, 1.165) is 34.2 Å². The summed E-state index contributed by atoms with van der Waals surface area (Å²) in [4.78, 5) is 8.06. The van der Waals surface area contributed by atoms with Gasteiger partial charge in [0.05, 0.1) is 0 Å². The van der Waals surface area contributed by atoms with Crippen molar-refractivity contribution >= 4 is 11.4 Å². The van der Waals surface area contributed by atoms with Crippen LogP contribution in [0.15, 0.2) is 85.5 Å². The molecule has 10 heteroatoms. The largest absolute Gasteiger partial charge is 0.579 e. The van der Waals surface area contributed by atoms with Crippen molar-refractivity contribution in [3.05, 3.63) is 134 Å². The van der Waals surface area contributed by atoms with Crippen LogP contribution < -0.4 is 20.0 Å². The first-order chi connectivity index (χ1) is 18.3. The van der Waals surface area contributed by atoms with Crippen LogP contribution in [-0.4, -0.2) is 34.1 Å². The van der Waals surface area contributed by atoms with Crippen LogP contribution in [0.3, 0.4) is 0 Å². The van der Waals surface area contributed by atoms with Crippen molar-refractivity contribution in [2.75, 3.05) is 23.9 Å². The number of hydrogen-bond acceptors (Lipinski definition) is 6. The van der Waals surface area contributed by atoms with Crippen molar-refractivity contribution in [3.8, 4) is 0 Å². The van der Waals surface area contributed by atoms with Gasteiger partial charge in [-0.1, -0.05) is 26.0 Å². The predicted molar refractivity (Wildman–Crippen MR) is 152 cm³/mol. The normalized spacial score (nSPS) is 12.8. The predicted octanol–water partition coefficient (Wildman–Crippen LogP) is 4.96. The van der Waals surface area contributed by atoms with Gasteiger partial charge in [0.25, 0.3) is 0 Å². The van der Waals surface area contributed by atoms with Crippen LogP contribution in [0.2, 0.25) is 0 Å². The Kier molecular flexibility index (Phi) is 16.0. The van der Waals surface area contributed by atoms with E-state index < -0.39 is 0 Å². The molecule has 4 aromatic rings. The van der Waals surface area contributed by atoms with E-state index in [1.165, 1.54) is 0 Å². The third-order valence-electron chi connectivity index (χ3n) is 5.05. The number of nitrogens with zero attached hydrogens (tertiary/aromatic N) is 8. The van der Waals surface area contributed by atoms with E-state index in [1.807, 2.05) is 160 Å². The molecule has 0 unspecified atom stereocenters. The number of hydrogen-bond donors (Lipinski definition) is 0. The third kappa shape index (κ3) is 12.4. The van der Waals surface area contributed by atoms with Crippen LogP contribution in [0.5, 0.6) is 0 Å². The first-order valence-corrected chi connectivity index (χ1v) is 12.2. The Morgan fingerprint density at radius 1 is 0.625 bits per heavy atom. The number of aromatic nitrogens is 4. The summed E-state index contributed by atoms with van der Waals surface area (Å²) >= 11 is 0. The summed E-state index contributed by atoms with van der Waals surface area (Å²) in [5, 5.41) is 15.1. The van der Waals surface area contributed by atoms with Crippen molar-refractivity contribution in [1.29, 1.82) is 0 Å². The summed E-state index contributed by atoms with van der Waals surface area (Å²) in [6.07, 6.45) is 8.01. The van der Waals surface area contributed by atoms with Crippen LogP contribution >= 0.6 is 0 Å². The summed E-state index contributed by atoms with van der Waals surface area (Å²) in [7, 11) is 4.00. The molecule has 6 rings (SSSR count). The monoisotopic (exact) mass is 896 g/mol. The molecule has 2 aliphatic heterocycles. The Morgan fingerprint density at radius 2 is 1.02 bits per heavy atom. The maximum atomic E-state index is 3.77. The fraction of sp³-hybridized carbons (Fsp3) is 0.200. The minimum Gasteiger partial charge on any atom is -0.579 e. The van der Waals surface area contributed by atoms with E-state index >= 15 is 0 Å². The number of aryl methyl sites for hydroxylation is 4. The van der Waals surface area contributed by atoms with Crippen LogP contribution in [0.1, 0.15) is 22.8 Å². The van der Waals surface area contributed by atoms with Crippen molar-refractivity contribution in [3.63, 3.8) is 0 Å². The molecule has 0 saturated carbocycles. The van der Waals surface area contributed by atoms with E-state index in [-0.39, 0.29) is 42.1 Å². The molecule has 220 valence electrons. The van der Waals surface area contributed by atoms with Gasteiger partial charge in [0.1, 0.15) is 0 Å². The maximum Gasteiger partial charge on any atom is 0.0131 e. The number of para-hydroxylation sites is 2. The fourth-order valence-corrected chi connectivity index (χ4v) is 3.31. The van der Waals surface area contributed by atoms with Crippen LogP contribution in [0.25, 0.3) is 0 Å². The van der Waals surface area contributed by atoms with Gasteiger partial charge in [-0.05, 0) is 52.7 Å². The minimum absolute atomic E-state index is 0. The molecule has 40 heavy (non-hydrogen) atoms. The first kappa shape index (κ1) is 34.9. The van der Waals surface area contributed by atoms with Crippen molar-refractivity contribution in [2.45, 2.75) is 27.7 Å². The number of rotatable bonds is 2. The molecule has 0 atom stereocenters. The van der Waals surface area contributed by atoms with Crippen LogP contribution in [0, 0.1) is 53.2 Å². The zero-order valence-corrected chi connectivity index (χ0v) is 28.0. The maximum absolute atomic E-state index is 3.77. The van der Waals surface area contributed by atoms with Gasteiger partial charge in [-0.25, -0.2) is 0 Å². The van der Waals surface area contributed by atoms with Gasteiger partial charge in [0, 0.05) is 53.5 Å². The summed E-state index contributed by atoms with van der Waals surface area (Å²) in [5.74, 6) is 0. The van der Waals surface area contributed by atoms with Gasteiger partial charge in [-0.2, -0.15) is 74.0 Å². The SMILES string of the molecule is CN1C=CN(c2[c-]cccc2)[CH-]1.CN1C=CN(c2[c-]cccc2)[CH-]1.Cc1cc(C)[n-]n1.Cc1cc(C)[n-]n1.[Pt].[Pt]. The molecule has 0 N–H and O–H groups in total. The molecular weight excluding hydrogens is 863 g/mol. The van der Waals surface area contributed by atoms with E-state index in [9.17, 15) is 0 Å². The summed E-state index contributed by atoms with van der Waals surface area (Å²) in [6.45, 7) is 11.7. The van der Waals surface area contributed by atoms with E-state index in [0.29, 0.717) is 0 Å². The molecule has 2 aliphatic rings. The van der Waals surface area contributed by atoms with Gasteiger partial charge in [-0.15, -0.1) is 22.8 Å². The minimum atomic E-state index is 0. The standard InChI is InChI=1S/2C10H10N2.2C5H7N2.2Pt/c2*1-11-7-8-12(9-11)10-5-3-2-4-6-10;2*1-4-3-5(2)7-6-4;;/h2*2-5,7-9H,1H3;2*3H,1-2H3;;/q2*-2;2*-1;;. The Balaban J connectivity index is 0.000000271. The quantitative estimate of drug-likeness (QED) is 0.262. The third-order valence-corrected chi connectivity index (χ3v) is 5.05. The molecule has 2 aromatic heterocycles. The average Bonchev–Trinajstić information content (AvgIpc) is 3.72. The van der Waals surface area contributed by atoms with Gasteiger partial charge >= 0.3 is 0 Å². The molecule has 0 amide bonds. The van der Waals surface area contributed by atoms with E-state index in [1.54, 1.807) is 0 Å². The molecule has 4 heterocycles. The van der Waals surface area contributed by atoms with Gasteiger partial charge in [-0.3, -0.25) is 0 Å². The molecule has 8 nitrogen and oxygen atoms in total. The Bertz CT molecular complexity index is 1140. The molecule has 0 spiro atoms. The van der Waals surface area contributed by atoms with E-state index in [4.69, 9.17) is 0 Å². The van der Waals surface area contributed by atoms with Gasteiger partial charge in [0.2, 0.25) is 0 Å². The van der Waals surface area contributed by atoms with Crippen molar-refractivity contribution in [1.82, 2.24) is 30.2 Å². The molecule has 0 bridgehead atoms. The topological polar surface area (TPSA) is 66.9 Å². The number of anilines is 2. The van der Waals surface area contributed by atoms with E-state index in [2.05, 4.69) is 32.5 Å². The fourth-order valence-electron chi connectivity index (χ4n) is 3.31. The molecule has 0 radical (unpaired) electrons. The number of benzene rings is 2. The zero-order chi connectivity index (χ0) is 27.3. The molecule has 0 aliphatic carbocycles. The summed E-state index contributed by atoms with van der Waals surface area (Å²) < 4.78 is 0. The second-order valence-corrected chi connectivity index (χ2v) is 8.72.